The summed E-state index contributed by atoms with van der Waals surface area (Å²) < 4.78 is 3.50. The number of hydrogen-bond acceptors (Lipinski definition) is 9. The molecule has 2 heterocycles. The van der Waals surface area contributed by atoms with Crippen molar-refractivity contribution in [2.45, 2.75) is 0 Å². The summed E-state index contributed by atoms with van der Waals surface area (Å²) in [5.41, 5.74) is 2.45. The number of carbonyl (C=O) groups excluding carboxylic acids is 1. The number of hydrogen-bond donors (Lipinski definition) is 3. The van der Waals surface area contributed by atoms with Crippen molar-refractivity contribution in [2.24, 2.45) is 5.84 Å². The van der Waals surface area contributed by atoms with E-state index >= 15 is 0 Å². The maximum absolute atomic E-state index is 11.6. The molecule has 1 amide bonds. The van der Waals surface area contributed by atoms with Crippen LogP contribution in [-0.2, 0) is 0 Å². The van der Waals surface area contributed by atoms with E-state index in [9.17, 15) is 4.79 Å². The standard InChI is InChI=1S/C6H6N8OS/c7-11-4-2-8-3(1-9-4)5(15)10-6-12-13-14-16-6/h1-2H,7H2,(H,9,11)(H,10,12,14,15). The van der Waals surface area contributed by atoms with Crippen molar-refractivity contribution < 1.29 is 4.79 Å². The molecule has 0 saturated heterocycles. The minimum absolute atomic E-state index is 0.147. The number of hydrazine groups is 1. The monoisotopic (exact) mass is 238 g/mol. The summed E-state index contributed by atoms with van der Waals surface area (Å²) in [5, 5.41) is 9.66. The number of rotatable bonds is 3. The number of amides is 1. The second-order valence-corrected chi connectivity index (χ2v) is 3.29. The Morgan fingerprint density at radius 3 is 2.81 bits per heavy atom. The highest BCUT2D eigenvalue weighted by Crippen LogP contribution is 2.07. The Balaban J connectivity index is 2.09. The van der Waals surface area contributed by atoms with Gasteiger partial charge in [-0.2, -0.15) is 0 Å². The first-order chi connectivity index (χ1) is 7.79. The van der Waals surface area contributed by atoms with Crippen LogP contribution in [0.5, 0.6) is 0 Å². The normalized spacial score (nSPS) is 9.81. The predicted molar refractivity (Wildman–Crippen MR) is 55.5 cm³/mol. The maximum Gasteiger partial charge on any atom is 0.277 e. The van der Waals surface area contributed by atoms with Crippen LogP contribution in [-0.4, -0.2) is 30.7 Å². The lowest BCUT2D eigenvalue weighted by atomic mass is 10.4. The number of aromatic nitrogens is 5. The van der Waals surface area contributed by atoms with E-state index in [2.05, 4.69) is 35.5 Å². The quantitative estimate of drug-likeness (QED) is 0.470. The van der Waals surface area contributed by atoms with E-state index in [0.717, 1.165) is 11.5 Å². The van der Waals surface area contributed by atoms with Gasteiger partial charge < -0.3 is 5.43 Å². The Morgan fingerprint density at radius 2 is 2.25 bits per heavy atom. The van der Waals surface area contributed by atoms with Gasteiger partial charge in [-0.25, -0.2) is 15.8 Å². The number of nitrogens with zero attached hydrogens (tertiary/aromatic N) is 5. The second-order valence-electron chi connectivity index (χ2n) is 2.55. The van der Waals surface area contributed by atoms with E-state index in [1.807, 2.05) is 0 Å². The number of anilines is 2. The Morgan fingerprint density at radius 1 is 1.38 bits per heavy atom. The third kappa shape index (κ3) is 2.24. The van der Waals surface area contributed by atoms with Gasteiger partial charge in [-0.15, -0.1) is 0 Å². The van der Waals surface area contributed by atoms with E-state index in [4.69, 9.17) is 5.84 Å². The summed E-state index contributed by atoms with van der Waals surface area (Å²) in [6.45, 7) is 0. The number of nitrogens with two attached hydrogens (primary N) is 1. The first-order valence-electron chi connectivity index (χ1n) is 4.04. The fourth-order valence-electron chi connectivity index (χ4n) is 0.863. The molecule has 10 heteroatoms. The molecule has 2 aromatic rings. The molecule has 0 aliphatic carbocycles. The molecule has 16 heavy (non-hydrogen) atoms. The van der Waals surface area contributed by atoms with E-state index in [1.54, 1.807) is 0 Å². The third-order valence-electron chi connectivity index (χ3n) is 1.55. The van der Waals surface area contributed by atoms with Crippen molar-refractivity contribution in [1.82, 2.24) is 24.8 Å². The van der Waals surface area contributed by atoms with Crippen LogP contribution in [0.25, 0.3) is 0 Å². The van der Waals surface area contributed by atoms with Gasteiger partial charge in [0.2, 0.25) is 5.13 Å². The van der Waals surface area contributed by atoms with Gasteiger partial charge in [-0.3, -0.25) is 10.1 Å². The van der Waals surface area contributed by atoms with Gasteiger partial charge in [-0.05, 0) is 5.21 Å². The first-order valence-corrected chi connectivity index (χ1v) is 4.82. The largest absolute Gasteiger partial charge is 0.307 e. The molecule has 0 aliphatic heterocycles. The van der Waals surface area contributed by atoms with Gasteiger partial charge in [0.15, 0.2) is 5.82 Å². The van der Waals surface area contributed by atoms with Crippen molar-refractivity contribution in [3.05, 3.63) is 18.1 Å². The zero-order valence-corrected chi connectivity index (χ0v) is 8.60. The summed E-state index contributed by atoms with van der Waals surface area (Å²) in [7, 11) is 0. The highest BCUT2D eigenvalue weighted by Gasteiger charge is 2.10. The van der Waals surface area contributed by atoms with Crippen molar-refractivity contribution in [3.63, 3.8) is 0 Å². The molecule has 0 aromatic carbocycles. The number of nitrogens with one attached hydrogen (secondary N) is 2. The molecule has 2 aromatic heterocycles. The SMILES string of the molecule is NNc1cnc(C(=O)Nc2nnns2)cn1. The molecular weight excluding hydrogens is 232 g/mol. The van der Waals surface area contributed by atoms with Gasteiger partial charge in [0.25, 0.3) is 5.91 Å². The first kappa shape index (κ1) is 10.3. The van der Waals surface area contributed by atoms with Crippen LogP contribution in [0.4, 0.5) is 10.9 Å². The highest BCUT2D eigenvalue weighted by atomic mass is 32.1. The molecule has 0 aliphatic rings. The van der Waals surface area contributed by atoms with E-state index < -0.39 is 5.91 Å². The predicted octanol–water partition coefficient (Wildman–Crippen LogP) is -0.739. The Labute approximate surface area is 93.2 Å². The zero-order valence-electron chi connectivity index (χ0n) is 7.78. The Hall–Kier alpha value is -2.20. The van der Waals surface area contributed by atoms with E-state index in [0.29, 0.717) is 10.9 Å². The van der Waals surface area contributed by atoms with Crippen molar-refractivity contribution in [1.29, 1.82) is 0 Å². The topological polar surface area (TPSA) is 132 Å². The summed E-state index contributed by atoms with van der Waals surface area (Å²) >= 11 is 0.969. The molecular formula is C6H6N8OS. The molecule has 0 atom stereocenters. The Bertz CT molecular complexity index is 468. The summed E-state index contributed by atoms with van der Waals surface area (Å²) in [4.78, 5) is 19.2. The maximum atomic E-state index is 11.6. The molecule has 0 fully saturated rings. The highest BCUT2D eigenvalue weighted by molar-refractivity contribution is 7.09. The molecule has 0 radical (unpaired) electrons. The molecule has 0 spiro atoms. The third-order valence-corrected chi connectivity index (χ3v) is 2.06. The smallest absolute Gasteiger partial charge is 0.277 e. The molecule has 0 unspecified atom stereocenters. The molecule has 0 bridgehead atoms. The number of carbonyl (C=O) groups is 1. The lowest BCUT2D eigenvalue weighted by Gasteiger charge is -2.00. The van der Waals surface area contributed by atoms with Gasteiger partial charge in [0.1, 0.15) is 5.69 Å². The molecule has 4 N–H and O–H groups in total. The van der Waals surface area contributed by atoms with Crippen molar-refractivity contribution in [2.75, 3.05) is 10.7 Å². The summed E-state index contributed by atoms with van der Waals surface area (Å²) in [6, 6.07) is 0. The van der Waals surface area contributed by atoms with Crippen molar-refractivity contribution >= 4 is 28.4 Å². The Kier molecular flexibility index (Phi) is 2.93. The van der Waals surface area contributed by atoms with Crippen LogP contribution in [0.15, 0.2) is 12.4 Å². The van der Waals surface area contributed by atoms with Crippen LogP contribution in [0.1, 0.15) is 10.5 Å². The molecule has 2 rings (SSSR count). The molecule has 82 valence electrons. The van der Waals surface area contributed by atoms with Crippen molar-refractivity contribution in [3.8, 4) is 0 Å². The minimum atomic E-state index is -0.436. The average Bonchev–Trinajstić information content (AvgIpc) is 2.82. The summed E-state index contributed by atoms with van der Waals surface area (Å²) in [6.07, 6.45) is 2.63. The lowest BCUT2D eigenvalue weighted by Crippen LogP contribution is -2.15. The zero-order chi connectivity index (χ0) is 11.4. The van der Waals surface area contributed by atoms with E-state index in [1.165, 1.54) is 12.4 Å². The van der Waals surface area contributed by atoms with Crippen LogP contribution >= 0.6 is 11.5 Å². The number of nitrogen functional groups attached to an aromatic ring is 1. The van der Waals surface area contributed by atoms with Crippen LogP contribution in [0, 0.1) is 0 Å². The fourth-order valence-corrected chi connectivity index (χ4v) is 1.22. The van der Waals surface area contributed by atoms with Gasteiger partial charge in [-0.1, -0.05) is 9.59 Å². The molecule has 0 saturated carbocycles. The van der Waals surface area contributed by atoms with Crippen LogP contribution in [0.3, 0.4) is 0 Å². The van der Waals surface area contributed by atoms with Gasteiger partial charge in [0, 0.05) is 11.5 Å². The van der Waals surface area contributed by atoms with Crippen LogP contribution in [0.2, 0.25) is 0 Å². The lowest BCUT2D eigenvalue weighted by molar-refractivity contribution is 0.102. The van der Waals surface area contributed by atoms with Crippen LogP contribution < -0.4 is 16.6 Å². The van der Waals surface area contributed by atoms with Gasteiger partial charge in [0.05, 0.1) is 12.4 Å². The molecule has 9 nitrogen and oxygen atoms in total. The summed E-state index contributed by atoms with van der Waals surface area (Å²) in [5.74, 6) is 5.04. The average molecular weight is 238 g/mol. The van der Waals surface area contributed by atoms with Gasteiger partial charge >= 0.3 is 0 Å². The second kappa shape index (κ2) is 4.55. The fraction of sp³-hybridized carbons (Fsp3) is 0. The minimum Gasteiger partial charge on any atom is -0.307 e. The van der Waals surface area contributed by atoms with E-state index in [-0.39, 0.29) is 5.69 Å².